The third-order valence-corrected chi connectivity index (χ3v) is 3.74. The van der Waals surface area contributed by atoms with Gasteiger partial charge in [-0.05, 0) is 30.5 Å². The Morgan fingerprint density at radius 3 is 2.85 bits per heavy atom. The van der Waals surface area contributed by atoms with Gasteiger partial charge >= 0.3 is 0 Å². The molecular weight excluding hydrogens is 278 g/mol. The van der Waals surface area contributed by atoms with Crippen LogP contribution in [0.5, 0.6) is 0 Å². The summed E-state index contributed by atoms with van der Waals surface area (Å²) in [7, 11) is 0. The smallest absolute Gasteiger partial charge is 0.240 e. The summed E-state index contributed by atoms with van der Waals surface area (Å²) >= 11 is 5.99. The highest BCUT2D eigenvalue weighted by atomic mass is 35.5. The maximum atomic E-state index is 12.3. The number of nitrogens with two attached hydrogens (primary N) is 2. The summed E-state index contributed by atoms with van der Waals surface area (Å²) in [6.07, 6.45) is 1.65. The van der Waals surface area contributed by atoms with Gasteiger partial charge in [0.1, 0.15) is 0 Å². The van der Waals surface area contributed by atoms with Crippen LogP contribution < -0.4 is 11.5 Å². The van der Waals surface area contributed by atoms with Gasteiger partial charge in [0.05, 0.1) is 18.5 Å². The van der Waals surface area contributed by atoms with E-state index in [0.29, 0.717) is 11.6 Å². The first-order valence-electron chi connectivity index (χ1n) is 6.59. The van der Waals surface area contributed by atoms with Gasteiger partial charge < -0.3 is 16.4 Å². The second kappa shape index (κ2) is 6.24. The lowest BCUT2D eigenvalue weighted by atomic mass is 10.0. The maximum Gasteiger partial charge on any atom is 0.240 e. The van der Waals surface area contributed by atoms with Crippen molar-refractivity contribution in [2.75, 3.05) is 6.54 Å². The fourth-order valence-electron chi connectivity index (χ4n) is 2.61. The molecule has 2 atom stereocenters. The van der Waals surface area contributed by atoms with Crippen molar-refractivity contribution >= 4 is 23.4 Å². The van der Waals surface area contributed by atoms with E-state index in [1.165, 1.54) is 0 Å². The Labute approximate surface area is 122 Å². The van der Waals surface area contributed by atoms with Crippen LogP contribution in [0.15, 0.2) is 24.3 Å². The van der Waals surface area contributed by atoms with Crippen LogP contribution in [0, 0.1) is 0 Å². The minimum atomic E-state index is -0.868. The van der Waals surface area contributed by atoms with Gasteiger partial charge in [-0.2, -0.15) is 0 Å². The number of carbonyl (C=O) groups is 2. The summed E-state index contributed by atoms with van der Waals surface area (Å²) in [6.45, 7) is 0.641. The largest absolute Gasteiger partial charge is 0.370 e. The maximum absolute atomic E-state index is 12.3. The van der Waals surface area contributed by atoms with Crippen molar-refractivity contribution in [2.45, 2.75) is 31.3 Å². The quantitative estimate of drug-likeness (QED) is 0.875. The third kappa shape index (κ3) is 3.29. The number of halogens is 1. The van der Waals surface area contributed by atoms with Crippen LogP contribution in [0.1, 0.15) is 30.9 Å². The third-order valence-electron chi connectivity index (χ3n) is 3.51. The van der Waals surface area contributed by atoms with Crippen LogP contribution in [-0.4, -0.2) is 29.3 Å². The molecule has 1 aromatic carbocycles. The first-order chi connectivity index (χ1) is 9.49. The van der Waals surface area contributed by atoms with Gasteiger partial charge in [0.2, 0.25) is 11.8 Å². The fourth-order valence-corrected chi connectivity index (χ4v) is 2.81. The number of carbonyl (C=O) groups excluding carboxylic acids is 2. The van der Waals surface area contributed by atoms with Crippen molar-refractivity contribution in [1.29, 1.82) is 0 Å². The van der Waals surface area contributed by atoms with Gasteiger partial charge in [-0.1, -0.05) is 23.7 Å². The molecular formula is C14H18ClN3O2. The molecule has 0 bridgehead atoms. The number of hydrogen-bond donors (Lipinski definition) is 2. The highest BCUT2D eigenvalue weighted by Crippen LogP contribution is 2.33. The monoisotopic (exact) mass is 295 g/mol. The minimum absolute atomic E-state index is 0.0277. The Balaban J connectivity index is 2.15. The van der Waals surface area contributed by atoms with Gasteiger partial charge in [-0.15, -0.1) is 0 Å². The number of benzene rings is 1. The van der Waals surface area contributed by atoms with E-state index in [-0.39, 0.29) is 18.4 Å². The fraction of sp³-hybridized carbons (Fsp3) is 0.429. The summed E-state index contributed by atoms with van der Waals surface area (Å²) in [4.78, 5) is 24.9. The molecule has 108 valence electrons. The zero-order chi connectivity index (χ0) is 14.7. The Morgan fingerprint density at radius 2 is 2.20 bits per heavy atom. The Bertz CT molecular complexity index is 521. The Hall–Kier alpha value is -1.59. The lowest BCUT2D eigenvalue weighted by Gasteiger charge is -2.27. The van der Waals surface area contributed by atoms with Crippen molar-refractivity contribution in [2.24, 2.45) is 11.5 Å². The lowest BCUT2D eigenvalue weighted by Crippen LogP contribution is -2.45. The molecule has 1 aromatic rings. The van der Waals surface area contributed by atoms with Gasteiger partial charge in [0.25, 0.3) is 0 Å². The second-order valence-electron chi connectivity index (χ2n) is 5.02. The molecule has 6 heteroatoms. The van der Waals surface area contributed by atoms with E-state index in [0.717, 1.165) is 18.4 Å². The molecule has 0 radical (unpaired) electrons. The van der Waals surface area contributed by atoms with E-state index in [2.05, 4.69) is 0 Å². The zero-order valence-electron chi connectivity index (χ0n) is 11.1. The number of nitrogens with zero attached hydrogens (tertiary/aromatic N) is 1. The Kier molecular flexibility index (Phi) is 4.62. The summed E-state index contributed by atoms with van der Waals surface area (Å²) in [5.74, 6) is -0.796. The molecule has 5 nitrogen and oxygen atoms in total. The molecule has 1 saturated heterocycles. The zero-order valence-corrected chi connectivity index (χ0v) is 11.8. The molecule has 0 aromatic heterocycles. The first kappa shape index (κ1) is 14.8. The summed E-state index contributed by atoms with van der Waals surface area (Å²) in [5, 5.41) is 0.642. The molecule has 20 heavy (non-hydrogen) atoms. The van der Waals surface area contributed by atoms with Crippen LogP contribution in [0.3, 0.4) is 0 Å². The molecule has 4 N–H and O–H groups in total. The topological polar surface area (TPSA) is 89.4 Å². The molecule has 1 heterocycles. The van der Waals surface area contributed by atoms with Crippen LogP contribution >= 0.6 is 11.6 Å². The number of hydrogen-bond acceptors (Lipinski definition) is 3. The molecule has 1 fully saturated rings. The molecule has 0 aliphatic carbocycles. The number of amides is 2. The lowest BCUT2D eigenvalue weighted by molar-refractivity contribution is -0.135. The summed E-state index contributed by atoms with van der Waals surface area (Å²) in [5.41, 5.74) is 11.8. The standard InChI is InChI=1S/C14H18ClN3O2/c15-10-4-1-3-9(7-10)12-5-2-6-18(12)14(20)11(16)8-13(17)19/h1,3-4,7,11-12H,2,5-6,8,16H2,(H2,17,19). The molecule has 2 amide bonds. The highest BCUT2D eigenvalue weighted by Gasteiger charge is 2.33. The molecule has 1 aliphatic rings. The predicted molar refractivity (Wildman–Crippen MR) is 76.9 cm³/mol. The van der Waals surface area contributed by atoms with Gasteiger partial charge in [-0.3, -0.25) is 9.59 Å². The van der Waals surface area contributed by atoms with E-state index in [1.807, 2.05) is 18.2 Å². The normalized spacial score (nSPS) is 19.9. The Morgan fingerprint density at radius 1 is 1.45 bits per heavy atom. The van der Waals surface area contributed by atoms with Crippen LogP contribution in [0.2, 0.25) is 5.02 Å². The average Bonchev–Trinajstić information content (AvgIpc) is 2.86. The van der Waals surface area contributed by atoms with Crippen LogP contribution in [0.4, 0.5) is 0 Å². The first-order valence-corrected chi connectivity index (χ1v) is 6.96. The average molecular weight is 296 g/mol. The molecule has 0 saturated carbocycles. The SMILES string of the molecule is NC(=O)CC(N)C(=O)N1CCCC1c1cccc(Cl)c1. The van der Waals surface area contributed by atoms with Gasteiger partial charge in [0, 0.05) is 11.6 Å². The summed E-state index contributed by atoms with van der Waals surface area (Å²) < 4.78 is 0. The molecule has 0 spiro atoms. The van der Waals surface area contributed by atoms with E-state index >= 15 is 0 Å². The van der Waals surface area contributed by atoms with Crippen molar-refractivity contribution in [3.63, 3.8) is 0 Å². The minimum Gasteiger partial charge on any atom is -0.370 e. The van der Waals surface area contributed by atoms with Crippen molar-refractivity contribution in [3.05, 3.63) is 34.9 Å². The van der Waals surface area contributed by atoms with E-state index in [4.69, 9.17) is 23.1 Å². The van der Waals surface area contributed by atoms with E-state index in [9.17, 15) is 9.59 Å². The van der Waals surface area contributed by atoms with Crippen molar-refractivity contribution in [1.82, 2.24) is 4.90 Å². The number of likely N-dealkylation sites (tertiary alicyclic amines) is 1. The van der Waals surface area contributed by atoms with Crippen molar-refractivity contribution < 1.29 is 9.59 Å². The van der Waals surface area contributed by atoms with Crippen LogP contribution in [0.25, 0.3) is 0 Å². The summed E-state index contributed by atoms with van der Waals surface area (Å²) in [6, 6.07) is 6.57. The van der Waals surface area contributed by atoms with Crippen molar-refractivity contribution in [3.8, 4) is 0 Å². The van der Waals surface area contributed by atoms with E-state index < -0.39 is 11.9 Å². The number of primary amides is 1. The van der Waals surface area contributed by atoms with Crippen LogP contribution in [-0.2, 0) is 9.59 Å². The number of rotatable bonds is 4. The van der Waals surface area contributed by atoms with Gasteiger partial charge in [-0.25, -0.2) is 0 Å². The molecule has 1 aliphatic heterocycles. The molecule has 2 rings (SSSR count). The van der Waals surface area contributed by atoms with Gasteiger partial charge in [0.15, 0.2) is 0 Å². The second-order valence-corrected chi connectivity index (χ2v) is 5.46. The highest BCUT2D eigenvalue weighted by molar-refractivity contribution is 6.30. The van der Waals surface area contributed by atoms with E-state index in [1.54, 1.807) is 11.0 Å². The molecule has 2 unspecified atom stereocenters. The predicted octanol–water partition coefficient (Wildman–Crippen LogP) is 1.21.